The van der Waals surface area contributed by atoms with Crippen LogP contribution in [-0.2, 0) is 17.5 Å². The van der Waals surface area contributed by atoms with Crippen molar-refractivity contribution in [2.75, 3.05) is 23.8 Å². The molecule has 1 atom stereocenters. The van der Waals surface area contributed by atoms with E-state index in [2.05, 4.69) is 30.7 Å². The van der Waals surface area contributed by atoms with Crippen molar-refractivity contribution in [2.24, 2.45) is 0 Å². The van der Waals surface area contributed by atoms with Gasteiger partial charge in [-0.15, -0.1) is 0 Å². The third kappa shape index (κ3) is 4.96. The average Bonchev–Trinajstić information content (AvgIpc) is 3.29. The first-order valence-electron chi connectivity index (χ1n) is 11.6. The summed E-state index contributed by atoms with van der Waals surface area (Å²) in [4.78, 5) is 13.2. The van der Waals surface area contributed by atoms with Crippen LogP contribution in [0, 0.1) is 12.7 Å². The quantitative estimate of drug-likeness (QED) is 0.336. The molecule has 0 fully saturated rings. The molecule has 3 heterocycles. The maximum atomic E-state index is 14.9. The first-order valence-corrected chi connectivity index (χ1v) is 11.6. The van der Waals surface area contributed by atoms with E-state index >= 15 is 0 Å². The van der Waals surface area contributed by atoms with Crippen molar-refractivity contribution in [3.63, 3.8) is 0 Å². The van der Waals surface area contributed by atoms with Crippen LogP contribution in [0.2, 0.25) is 0 Å². The Labute approximate surface area is 209 Å². The fourth-order valence-electron chi connectivity index (χ4n) is 4.24. The lowest BCUT2D eigenvalue weighted by Gasteiger charge is -2.27. The Balaban J connectivity index is 1.49. The number of hydrogen-bond donors (Lipinski definition) is 2. The number of aryl methyl sites for hydroxylation is 1. The number of anilines is 3. The topological polar surface area (TPSA) is 89.8 Å². The molecular weight excluding hydrogens is 490 g/mol. The van der Waals surface area contributed by atoms with Gasteiger partial charge in [0.1, 0.15) is 23.7 Å². The molecule has 1 unspecified atom stereocenters. The van der Waals surface area contributed by atoms with E-state index < -0.39 is 23.5 Å². The van der Waals surface area contributed by atoms with Crippen LogP contribution < -0.4 is 10.6 Å². The zero-order valence-corrected chi connectivity index (χ0v) is 20.0. The number of nitrogens with zero attached hydrogens (tertiary/aromatic N) is 5. The molecule has 192 valence electrons. The van der Waals surface area contributed by atoms with E-state index in [9.17, 15) is 17.6 Å². The molecule has 2 aromatic heterocycles. The molecule has 0 bridgehead atoms. The van der Waals surface area contributed by atoms with Crippen LogP contribution in [-0.4, -0.2) is 37.9 Å². The molecule has 0 saturated heterocycles. The molecular formula is C25H23F4N7O. The van der Waals surface area contributed by atoms with Gasteiger partial charge < -0.3 is 15.4 Å². The summed E-state index contributed by atoms with van der Waals surface area (Å²) in [5.74, 6) is 0.393. The summed E-state index contributed by atoms with van der Waals surface area (Å²) in [6.45, 7) is 4.72. The highest BCUT2D eigenvalue weighted by atomic mass is 19.4. The highest BCUT2D eigenvalue weighted by Crippen LogP contribution is 2.37. The first kappa shape index (κ1) is 24.6. The van der Waals surface area contributed by atoms with Crippen LogP contribution in [0.15, 0.2) is 48.8 Å². The highest BCUT2D eigenvalue weighted by Gasteiger charge is 2.32. The lowest BCUT2D eigenvalue weighted by Crippen LogP contribution is -2.23. The van der Waals surface area contributed by atoms with Gasteiger partial charge in [-0.3, -0.25) is 0 Å². The van der Waals surface area contributed by atoms with Crippen LogP contribution in [0.25, 0.3) is 5.69 Å². The second kappa shape index (κ2) is 9.77. The molecule has 0 aliphatic carbocycles. The number of rotatable bonds is 6. The van der Waals surface area contributed by atoms with Crippen LogP contribution in [0.5, 0.6) is 0 Å². The van der Waals surface area contributed by atoms with E-state index in [1.807, 2.05) is 6.92 Å². The Kier molecular flexibility index (Phi) is 6.50. The van der Waals surface area contributed by atoms with Crippen molar-refractivity contribution in [1.82, 2.24) is 24.7 Å². The zero-order chi connectivity index (χ0) is 26.2. The van der Waals surface area contributed by atoms with Gasteiger partial charge in [0.15, 0.2) is 5.82 Å². The minimum atomic E-state index is -4.42. The average molecular weight is 513 g/mol. The molecule has 12 heteroatoms. The minimum Gasteiger partial charge on any atom is -0.376 e. The van der Waals surface area contributed by atoms with E-state index in [0.29, 0.717) is 35.1 Å². The number of fused-ring (bicyclic) bond motifs is 1. The summed E-state index contributed by atoms with van der Waals surface area (Å²) in [6, 6.07) is 9.53. The van der Waals surface area contributed by atoms with Gasteiger partial charge in [-0.1, -0.05) is 12.1 Å². The predicted molar refractivity (Wildman–Crippen MR) is 128 cm³/mol. The molecule has 1 aliphatic heterocycles. The Morgan fingerprint density at radius 2 is 1.89 bits per heavy atom. The monoisotopic (exact) mass is 513 g/mol. The Morgan fingerprint density at radius 1 is 1.11 bits per heavy atom. The van der Waals surface area contributed by atoms with E-state index in [0.717, 1.165) is 17.7 Å². The standard InChI is InChI=1S/C25H23F4N7O/c1-3-30-23-19-12-37-11-18(15-4-6-16(7-5-15)25(27,28)29)22(19)34-24(35-23)33-17-8-9-21(20(26)10-17)36-14(2)31-13-32-36/h4-10,13,18H,3,11-12H2,1-2H3,(H2,30,33,34,35). The lowest BCUT2D eigenvalue weighted by atomic mass is 9.91. The van der Waals surface area contributed by atoms with Crippen molar-refractivity contribution >= 4 is 17.5 Å². The fourth-order valence-corrected chi connectivity index (χ4v) is 4.24. The number of halogens is 4. The van der Waals surface area contributed by atoms with Gasteiger partial charge in [0.2, 0.25) is 5.95 Å². The minimum absolute atomic E-state index is 0.220. The molecule has 0 radical (unpaired) electrons. The number of alkyl halides is 3. The van der Waals surface area contributed by atoms with Crippen molar-refractivity contribution in [1.29, 1.82) is 0 Å². The summed E-state index contributed by atoms with van der Waals surface area (Å²) in [5.41, 5.74) is 1.94. The third-order valence-corrected chi connectivity index (χ3v) is 6.03. The Bertz CT molecular complexity index is 1420. The van der Waals surface area contributed by atoms with Crippen LogP contribution in [0.4, 0.5) is 35.0 Å². The van der Waals surface area contributed by atoms with Crippen LogP contribution in [0.3, 0.4) is 0 Å². The summed E-state index contributed by atoms with van der Waals surface area (Å²) in [7, 11) is 0. The molecule has 1 aliphatic rings. The van der Waals surface area contributed by atoms with Crippen molar-refractivity contribution < 1.29 is 22.3 Å². The van der Waals surface area contributed by atoms with Gasteiger partial charge in [-0.2, -0.15) is 23.3 Å². The molecule has 37 heavy (non-hydrogen) atoms. The van der Waals surface area contributed by atoms with E-state index in [-0.39, 0.29) is 24.8 Å². The van der Waals surface area contributed by atoms with Gasteiger partial charge in [0, 0.05) is 17.8 Å². The number of ether oxygens (including phenoxy) is 1. The normalized spacial score (nSPS) is 15.4. The number of benzene rings is 2. The van der Waals surface area contributed by atoms with Crippen molar-refractivity contribution in [3.8, 4) is 5.69 Å². The Hall–Kier alpha value is -4.06. The fraction of sp³-hybridized carbons (Fsp3) is 0.280. The molecule has 2 aromatic carbocycles. The summed E-state index contributed by atoms with van der Waals surface area (Å²) in [5, 5.41) is 10.3. The predicted octanol–water partition coefficient (Wildman–Crippen LogP) is 5.36. The van der Waals surface area contributed by atoms with E-state index in [4.69, 9.17) is 4.74 Å². The molecule has 2 N–H and O–H groups in total. The van der Waals surface area contributed by atoms with Crippen LogP contribution >= 0.6 is 0 Å². The van der Waals surface area contributed by atoms with Gasteiger partial charge in [-0.05, 0) is 49.7 Å². The molecule has 0 amide bonds. The second-order valence-electron chi connectivity index (χ2n) is 8.49. The smallest absolute Gasteiger partial charge is 0.376 e. The SMILES string of the molecule is CCNc1nc(Nc2ccc(-n3ncnc3C)c(F)c2)nc2c1COCC2c1ccc(C(F)(F)F)cc1. The van der Waals surface area contributed by atoms with E-state index in [1.54, 1.807) is 19.1 Å². The Morgan fingerprint density at radius 3 is 2.54 bits per heavy atom. The molecule has 0 saturated carbocycles. The van der Waals surface area contributed by atoms with Gasteiger partial charge in [0.25, 0.3) is 0 Å². The maximum Gasteiger partial charge on any atom is 0.416 e. The van der Waals surface area contributed by atoms with Gasteiger partial charge in [0.05, 0.1) is 30.4 Å². The van der Waals surface area contributed by atoms with Gasteiger partial charge in [-0.25, -0.2) is 19.0 Å². The maximum absolute atomic E-state index is 14.9. The number of hydrogen-bond acceptors (Lipinski definition) is 7. The number of aromatic nitrogens is 5. The van der Waals surface area contributed by atoms with E-state index in [1.165, 1.54) is 29.2 Å². The first-order chi connectivity index (χ1) is 17.7. The second-order valence-corrected chi connectivity index (χ2v) is 8.49. The third-order valence-electron chi connectivity index (χ3n) is 6.03. The highest BCUT2D eigenvalue weighted by molar-refractivity contribution is 5.60. The molecule has 8 nitrogen and oxygen atoms in total. The van der Waals surface area contributed by atoms with Gasteiger partial charge >= 0.3 is 6.18 Å². The summed E-state index contributed by atoms with van der Waals surface area (Å²) >= 11 is 0. The number of nitrogens with one attached hydrogen (secondary N) is 2. The molecule has 0 spiro atoms. The zero-order valence-electron chi connectivity index (χ0n) is 20.0. The molecule has 4 aromatic rings. The summed E-state index contributed by atoms with van der Waals surface area (Å²) < 4.78 is 61.2. The summed E-state index contributed by atoms with van der Waals surface area (Å²) in [6.07, 6.45) is -3.07. The largest absolute Gasteiger partial charge is 0.416 e. The van der Waals surface area contributed by atoms with Crippen LogP contribution in [0.1, 0.15) is 41.1 Å². The van der Waals surface area contributed by atoms with Crippen molar-refractivity contribution in [3.05, 3.63) is 82.8 Å². The van der Waals surface area contributed by atoms with Crippen molar-refractivity contribution in [2.45, 2.75) is 32.5 Å². The lowest BCUT2D eigenvalue weighted by molar-refractivity contribution is -0.137. The molecule has 5 rings (SSSR count).